The van der Waals surface area contributed by atoms with E-state index in [1.54, 1.807) is 20.8 Å². The summed E-state index contributed by atoms with van der Waals surface area (Å²) in [5.41, 5.74) is 2.16. The molecule has 1 N–H and O–H groups in total. The smallest absolute Gasteiger partial charge is 0.155 e. The summed E-state index contributed by atoms with van der Waals surface area (Å²) in [7, 11) is -3.25. The number of fused-ring (bicyclic) bond motifs is 1. The van der Waals surface area contributed by atoms with Gasteiger partial charge in [-0.25, -0.2) is 8.42 Å². The lowest BCUT2D eigenvalue weighted by Gasteiger charge is -2.26. The van der Waals surface area contributed by atoms with E-state index in [4.69, 9.17) is 0 Å². The summed E-state index contributed by atoms with van der Waals surface area (Å²) in [6.45, 7) is 6.37. The zero-order valence-electron chi connectivity index (χ0n) is 12.8. The maximum atomic E-state index is 12.4. The Bertz CT molecular complexity index is 629. The molecular formula is C16H23NO3S. The molecule has 0 saturated carbocycles. The molecule has 1 aliphatic heterocycles. The second kappa shape index (κ2) is 5.89. The highest BCUT2D eigenvalue weighted by atomic mass is 32.2. The molecule has 1 aromatic carbocycles. The first-order chi connectivity index (χ1) is 9.72. The summed E-state index contributed by atoms with van der Waals surface area (Å²) in [6.07, 6.45) is 0.0836. The third kappa shape index (κ3) is 3.52. The van der Waals surface area contributed by atoms with E-state index >= 15 is 0 Å². The minimum Gasteiger partial charge on any atom is -0.312 e. The van der Waals surface area contributed by atoms with Crippen LogP contribution in [0.2, 0.25) is 0 Å². The van der Waals surface area contributed by atoms with Gasteiger partial charge in [0.2, 0.25) is 0 Å². The number of carbonyl (C=O) groups is 1. The van der Waals surface area contributed by atoms with E-state index in [1.165, 1.54) is 0 Å². The number of hydrogen-bond acceptors (Lipinski definition) is 4. The number of ketones is 1. The summed E-state index contributed by atoms with van der Waals surface area (Å²) in [4.78, 5) is 12.4. The predicted molar refractivity (Wildman–Crippen MR) is 84.1 cm³/mol. The van der Waals surface area contributed by atoms with E-state index in [1.807, 2.05) is 24.3 Å². The fourth-order valence-electron chi connectivity index (χ4n) is 2.50. The van der Waals surface area contributed by atoms with Crippen molar-refractivity contribution in [3.05, 3.63) is 35.4 Å². The molecule has 0 spiro atoms. The standard InChI is InChI=1S/C16H23NO3S/c1-16(2,3)21(19,20)9-8-15(18)14-11-17-10-12-6-4-5-7-13(12)14/h4-7,14,17H,8-11H2,1-3H3. The van der Waals surface area contributed by atoms with Crippen molar-refractivity contribution in [2.45, 2.75) is 44.4 Å². The summed E-state index contributed by atoms with van der Waals surface area (Å²) >= 11 is 0. The Morgan fingerprint density at radius 1 is 1.29 bits per heavy atom. The van der Waals surface area contributed by atoms with E-state index in [-0.39, 0.29) is 23.9 Å². The molecule has 0 aliphatic carbocycles. The highest BCUT2D eigenvalue weighted by molar-refractivity contribution is 7.92. The molecule has 21 heavy (non-hydrogen) atoms. The van der Waals surface area contributed by atoms with Gasteiger partial charge in [0.25, 0.3) is 0 Å². The van der Waals surface area contributed by atoms with Crippen molar-refractivity contribution in [2.24, 2.45) is 0 Å². The molecule has 0 aromatic heterocycles. The Balaban J connectivity index is 2.10. The number of benzene rings is 1. The van der Waals surface area contributed by atoms with Crippen LogP contribution in [-0.4, -0.2) is 31.2 Å². The minimum absolute atomic E-state index is 0.00229. The van der Waals surface area contributed by atoms with Crippen molar-refractivity contribution in [1.82, 2.24) is 5.32 Å². The van der Waals surface area contributed by atoms with Crippen LogP contribution in [0.5, 0.6) is 0 Å². The van der Waals surface area contributed by atoms with E-state index < -0.39 is 14.6 Å². The van der Waals surface area contributed by atoms with Gasteiger partial charge in [-0.15, -0.1) is 0 Å². The summed E-state index contributed by atoms with van der Waals surface area (Å²) in [5.74, 6) is -0.304. The second-order valence-electron chi connectivity index (χ2n) is 6.53. The first kappa shape index (κ1) is 16.2. The number of rotatable bonds is 4. The van der Waals surface area contributed by atoms with Gasteiger partial charge in [-0.05, 0) is 31.9 Å². The fraction of sp³-hybridized carbons (Fsp3) is 0.562. The van der Waals surface area contributed by atoms with Gasteiger partial charge in [0.05, 0.1) is 16.4 Å². The third-order valence-corrected chi connectivity index (χ3v) is 6.64. The van der Waals surface area contributed by atoms with Gasteiger partial charge in [-0.2, -0.15) is 0 Å². The average molecular weight is 309 g/mol. The first-order valence-corrected chi connectivity index (χ1v) is 8.91. The zero-order valence-corrected chi connectivity index (χ0v) is 13.7. The van der Waals surface area contributed by atoms with Crippen LogP contribution in [0.15, 0.2) is 24.3 Å². The number of Topliss-reactive ketones (excluding diaryl/α,β-unsaturated/α-hetero) is 1. The highest BCUT2D eigenvalue weighted by Gasteiger charge is 2.31. The molecule has 0 radical (unpaired) electrons. The lowest BCUT2D eigenvalue weighted by Crippen LogP contribution is -2.35. The molecule has 0 bridgehead atoms. The number of hydrogen-bond donors (Lipinski definition) is 1. The van der Waals surface area contributed by atoms with Gasteiger partial charge in [-0.3, -0.25) is 4.79 Å². The number of nitrogens with one attached hydrogen (secondary N) is 1. The molecule has 1 heterocycles. The van der Waals surface area contributed by atoms with Gasteiger partial charge in [0.1, 0.15) is 5.78 Å². The molecule has 0 saturated heterocycles. The summed E-state index contributed by atoms with van der Waals surface area (Å²) in [5, 5.41) is 3.23. The topological polar surface area (TPSA) is 63.2 Å². The van der Waals surface area contributed by atoms with Crippen LogP contribution in [0.25, 0.3) is 0 Å². The van der Waals surface area contributed by atoms with Crippen LogP contribution in [0.4, 0.5) is 0 Å². The zero-order chi connectivity index (χ0) is 15.7. The maximum Gasteiger partial charge on any atom is 0.155 e. The van der Waals surface area contributed by atoms with Gasteiger partial charge in [0, 0.05) is 19.5 Å². The van der Waals surface area contributed by atoms with Crippen LogP contribution >= 0.6 is 0 Å². The molecule has 5 heteroatoms. The third-order valence-electron chi connectivity index (χ3n) is 4.03. The Morgan fingerprint density at radius 3 is 2.62 bits per heavy atom. The maximum absolute atomic E-state index is 12.4. The van der Waals surface area contributed by atoms with Crippen LogP contribution in [-0.2, 0) is 21.2 Å². The largest absolute Gasteiger partial charge is 0.312 e. The Kier molecular flexibility index (Phi) is 4.54. The Labute approximate surface area is 126 Å². The normalized spacial score (nSPS) is 19.1. The summed E-state index contributed by atoms with van der Waals surface area (Å²) in [6, 6.07) is 7.86. The number of carbonyl (C=O) groups excluding carboxylic acids is 1. The van der Waals surface area contributed by atoms with E-state index in [2.05, 4.69) is 5.32 Å². The second-order valence-corrected chi connectivity index (χ2v) is 9.39. The fourth-order valence-corrected chi connectivity index (χ4v) is 3.58. The number of sulfone groups is 1. The molecule has 1 aliphatic rings. The van der Waals surface area contributed by atoms with Crippen molar-refractivity contribution in [1.29, 1.82) is 0 Å². The van der Waals surface area contributed by atoms with Crippen LogP contribution < -0.4 is 5.32 Å². The molecule has 4 nitrogen and oxygen atoms in total. The highest BCUT2D eigenvalue weighted by Crippen LogP contribution is 2.26. The van der Waals surface area contributed by atoms with E-state index in [0.717, 1.165) is 17.7 Å². The first-order valence-electron chi connectivity index (χ1n) is 7.26. The van der Waals surface area contributed by atoms with Crippen LogP contribution in [0, 0.1) is 0 Å². The molecule has 1 atom stereocenters. The predicted octanol–water partition coefficient (Wildman–Crippen LogP) is 2.05. The van der Waals surface area contributed by atoms with Gasteiger partial charge >= 0.3 is 0 Å². The van der Waals surface area contributed by atoms with Gasteiger partial charge in [-0.1, -0.05) is 24.3 Å². The van der Waals surface area contributed by atoms with Gasteiger partial charge < -0.3 is 5.32 Å². The monoisotopic (exact) mass is 309 g/mol. The molecule has 2 rings (SSSR count). The molecular weight excluding hydrogens is 286 g/mol. The van der Waals surface area contributed by atoms with Crippen molar-refractivity contribution >= 4 is 15.6 Å². The molecule has 1 aromatic rings. The van der Waals surface area contributed by atoms with E-state index in [0.29, 0.717) is 6.54 Å². The van der Waals surface area contributed by atoms with E-state index in [9.17, 15) is 13.2 Å². The molecule has 1 unspecified atom stereocenters. The molecule has 116 valence electrons. The van der Waals surface area contributed by atoms with Gasteiger partial charge in [0.15, 0.2) is 9.84 Å². The lowest BCUT2D eigenvalue weighted by atomic mass is 9.87. The van der Waals surface area contributed by atoms with Crippen LogP contribution in [0.3, 0.4) is 0 Å². The molecule has 0 fully saturated rings. The molecule has 0 amide bonds. The average Bonchev–Trinajstić information content (AvgIpc) is 2.43. The quantitative estimate of drug-likeness (QED) is 0.924. The van der Waals surface area contributed by atoms with Crippen molar-refractivity contribution in [2.75, 3.05) is 12.3 Å². The van der Waals surface area contributed by atoms with Crippen molar-refractivity contribution in [3.8, 4) is 0 Å². The Hall–Kier alpha value is -1.20. The minimum atomic E-state index is -3.25. The van der Waals surface area contributed by atoms with Crippen molar-refractivity contribution in [3.63, 3.8) is 0 Å². The van der Waals surface area contributed by atoms with Crippen LogP contribution in [0.1, 0.15) is 44.2 Å². The van der Waals surface area contributed by atoms with Crippen molar-refractivity contribution < 1.29 is 13.2 Å². The Morgan fingerprint density at radius 2 is 1.95 bits per heavy atom. The summed E-state index contributed by atoms with van der Waals surface area (Å²) < 4.78 is 23.4. The lowest BCUT2D eigenvalue weighted by molar-refractivity contribution is -0.120. The SMILES string of the molecule is CC(C)(C)S(=O)(=O)CCC(=O)C1CNCc2ccccc21.